The maximum Gasteiger partial charge on any atom is 0.130 e. The molecule has 2 rings (SSSR count). The van der Waals surface area contributed by atoms with Crippen molar-refractivity contribution in [1.29, 1.82) is 0 Å². The highest BCUT2D eigenvalue weighted by Gasteiger charge is 2.04. The molecular formula is C12H14ClN3. The molecule has 1 unspecified atom stereocenters. The number of benzene rings is 1. The second-order valence-electron chi connectivity index (χ2n) is 3.88. The molecule has 0 aliphatic rings. The summed E-state index contributed by atoms with van der Waals surface area (Å²) >= 11 is 5.93. The van der Waals surface area contributed by atoms with Crippen LogP contribution >= 0.6 is 11.6 Å². The monoisotopic (exact) mass is 235 g/mol. The first kappa shape index (κ1) is 11.3. The molecule has 0 fully saturated rings. The zero-order valence-electron chi connectivity index (χ0n) is 9.37. The summed E-state index contributed by atoms with van der Waals surface area (Å²) < 4.78 is 0. The van der Waals surface area contributed by atoms with E-state index in [4.69, 9.17) is 11.6 Å². The Hall–Kier alpha value is -1.19. The standard InChI is InChI=1S/C12H14ClN3/c1-8(14-2)5-12-15-7-9-3-4-10(13)6-11(9)16-12/h3-4,6-8,14H,5H2,1-2H3. The lowest BCUT2D eigenvalue weighted by atomic mass is 10.2. The van der Waals surface area contributed by atoms with Gasteiger partial charge in [0, 0.05) is 29.1 Å². The van der Waals surface area contributed by atoms with Crippen molar-refractivity contribution in [3.8, 4) is 0 Å². The van der Waals surface area contributed by atoms with Crippen molar-refractivity contribution >= 4 is 22.5 Å². The van der Waals surface area contributed by atoms with Gasteiger partial charge < -0.3 is 5.32 Å². The maximum absolute atomic E-state index is 5.93. The van der Waals surface area contributed by atoms with Gasteiger partial charge in [0.05, 0.1) is 5.52 Å². The van der Waals surface area contributed by atoms with Crippen LogP contribution in [0.15, 0.2) is 24.4 Å². The lowest BCUT2D eigenvalue weighted by Crippen LogP contribution is -2.24. The van der Waals surface area contributed by atoms with Crippen LogP contribution < -0.4 is 5.32 Å². The van der Waals surface area contributed by atoms with Crippen molar-refractivity contribution in [3.63, 3.8) is 0 Å². The third-order valence-electron chi connectivity index (χ3n) is 2.58. The Bertz CT molecular complexity index is 499. The normalized spacial score (nSPS) is 12.9. The maximum atomic E-state index is 5.93. The summed E-state index contributed by atoms with van der Waals surface area (Å²) in [5.74, 6) is 0.844. The Morgan fingerprint density at radius 2 is 2.25 bits per heavy atom. The summed E-state index contributed by atoms with van der Waals surface area (Å²) in [5, 5.41) is 4.89. The van der Waals surface area contributed by atoms with Crippen LogP contribution in [0.4, 0.5) is 0 Å². The topological polar surface area (TPSA) is 37.8 Å². The van der Waals surface area contributed by atoms with Gasteiger partial charge in [0.25, 0.3) is 0 Å². The number of rotatable bonds is 3. The molecule has 0 aliphatic heterocycles. The molecule has 1 atom stereocenters. The van der Waals surface area contributed by atoms with Crippen LogP contribution in [-0.2, 0) is 6.42 Å². The fraction of sp³-hybridized carbons (Fsp3) is 0.333. The lowest BCUT2D eigenvalue weighted by molar-refractivity contribution is 0.592. The van der Waals surface area contributed by atoms with Gasteiger partial charge >= 0.3 is 0 Å². The molecule has 84 valence electrons. The van der Waals surface area contributed by atoms with Gasteiger partial charge in [-0.15, -0.1) is 0 Å². The van der Waals surface area contributed by atoms with E-state index >= 15 is 0 Å². The van der Waals surface area contributed by atoms with Crippen molar-refractivity contribution in [2.45, 2.75) is 19.4 Å². The largest absolute Gasteiger partial charge is 0.317 e. The van der Waals surface area contributed by atoms with Gasteiger partial charge in [-0.1, -0.05) is 11.6 Å². The van der Waals surface area contributed by atoms with Crippen LogP contribution in [0.1, 0.15) is 12.7 Å². The number of fused-ring (bicyclic) bond motifs is 1. The SMILES string of the molecule is CNC(C)Cc1ncc2ccc(Cl)cc2n1. The minimum Gasteiger partial charge on any atom is -0.317 e. The van der Waals surface area contributed by atoms with E-state index in [1.165, 1.54) is 0 Å². The highest BCUT2D eigenvalue weighted by atomic mass is 35.5. The Morgan fingerprint density at radius 1 is 1.44 bits per heavy atom. The van der Waals surface area contributed by atoms with Crippen molar-refractivity contribution < 1.29 is 0 Å². The molecular weight excluding hydrogens is 222 g/mol. The van der Waals surface area contributed by atoms with Gasteiger partial charge in [-0.05, 0) is 32.2 Å². The second-order valence-corrected chi connectivity index (χ2v) is 4.32. The quantitative estimate of drug-likeness (QED) is 0.888. The van der Waals surface area contributed by atoms with E-state index in [-0.39, 0.29) is 0 Å². The molecule has 0 aliphatic carbocycles. The molecule has 1 aromatic heterocycles. The first-order valence-electron chi connectivity index (χ1n) is 5.27. The molecule has 0 saturated heterocycles. The van der Waals surface area contributed by atoms with E-state index in [1.807, 2.05) is 31.4 Å². The van der Waals surface area contributed by atoms with E-state index in [2.05, 4.69) is 22.2 Å². The highest BCUT2D eigenvalue weighted by Crippen LogP contribution is 2.16. The van der Waals surface area contributed by atoms with Gasteiger partial charge in [-0.3, -0.25) is 0 Å². The summed E-state index contributed by atoms with van der Waals surface area (Å²) in [6.45, 7) is 2.10. The molecule has 0 spiro atoms. The molecule has 1 heterocycles. The molecule has 0 bridgehead atoms. The fourth-order valence-electron chi connectivity index (χ4n) is 1.51. The van der Waals surface area contributed by atoms with Crippen LogP contribution in [0.5, 0.6) is 0 Å². The van der Waals surface area contributed by atoms with E-state index in [0.717, 1.165) is 23.1 Å². The second kappa shape index (κ2) is 4.76. The minimum atomic E-state index is 0.372. The average Bonchev–Trinajstić information content (AvgIpc) is 2.28. The van der Waals surface area contributed by atoms with Crippen molar-refractivity contribution in [3.05, 3.63) is 35.2 Å². The molecule has 0 radical (unpaired) electrons. The van der Waals surface area contributed by atoms with Crippen LogP contribution in [0.25, 0.3) is 10.9 Å². The summed E-state index contributed by atoms with van der Waals surface area (Å²) in [5.41, 5.74) is 0.904. The fourth-order valence-corrected chi connectivity index (χ4v) is 1.68. The number of aromatic nitrogens is 2. The van der Waals surface area contributed by atoms with Crippen molar-refractivity contribution in [2.24, 2.45) is 0 Å². The summed E-state index contributed by atoms with van der Waals surface area (Å²) in [6.07, 6.45) is 2.66. The number of hydrogen-bond donors (Lipinski definition) is 1. The van der Waals surface area contributed by atoms with E-state index < -0.39 is 0 Å². The summed E-state index contributed by atoms with van der Waals surface area (Å²) in [6, 6.07) is 6.02. The Kier molecular flexibility index (Phi) is 3.36. The van der Waals surface area contributed by atoms with Gasteiger partial charge in [0.15, 0.2) is 0 Å². The third-order valence-corrected chi connectivity index (χ3v) is 2.81. The number of hydrogen-bond acceptors (Lipinski definition) is 3. The van der Waals surface area contributed by atoms with Crippen molar-refractivity contribution in [1.82, 2.24) is 15.3 Å². The van der Waals surface area contributed by atoms with Gasteiger partial charge in [-0.25, -0.2) is 9.97 Å². The van der Waals surface area contributed by atoms with Crippen LogP contribution in [-0.4, -0.2) is 23.1 Å². The van der Waals surface area contributed by atoms with Crippen LogP contribution in [0.3, 0.4) is 0 Å². The van der Waals surface area contributed by atoms with E-state index in [1.54, 1.807) is 0 Å². The molecule has 0 saturated carbocycles. The van der Waals surface area contributed by atoms with Crippen LogP contribution in [0.2, 0.25) is 5.02 Å². The first-order valence-corrected chi connectivity index (χ1v) is 5.65. The molecule has 2 aromatic rings. The Labute approximate surface area is 99.9 Å². The molecule has 4 heteroatoms. The van der Waals surface area contributed by atoms with Gasteiger partial charge in [-0.2, -0.15) is 0 Å². The first-order chi connectivity index (χ1) is 7.69. The number of nitrogens with one attached hydrogen (secondary N) is 1. The minimum absolute atomic E-state index is 0.372. The zero-order chi connectivity index (χ0) is 11.5. The highest BCUT2D eigenvalue weighted by molar-refractivity contribution is 6.31. The lowest BCUT2D eigenvalue weighted by Gasteiger charge is -2.08. The number of halogens is 1. The Balaban J connectivity index is 2.35. The van der Waals surface area contributed by atoms with Crippen LogP contribution in [0, 0.1) is 0 Å². The van der Waals surface area contributed by atoms with Gasteiger partial charge in [0.2, 0.25) is 0 Å². The van der Waals surface area contributed by atoms with E-state index in [9.17, 15) is 0 Å². The zero-order valence-corrected chi connectivity index (χ0v) is 10.1. The number of nitrogens with zero attached hydrogens (tertiary/aromatic N) is 2. The molecule has 16 heavy (non-hydrogen) atoms. The smallest absolute Gasteiger partial charge is 0.130 e. The molecule has 1 aromatic carbocycles. The molecule has 1 N–H and O–H groups in total. The van der Waals surface area contributed by atoms with Crippen molar-refractivity contribution in [2.75, 3.05) is 7.05 Å². The Morgan fingerprint density at radius 3 is 3.00 bits per heavy atom. The number of likely N-dealkylation sites (N-methyl/N-ethyl adjacent to an activating group) is 1. The summed E-state index contributed by atoms with van der Waals surface area (Å²) in [7, 11) is 1.93. The average molecular weight is 236 g/mol. The van der Waals surface area contributed by atoms with E-state index in [0.29, 0.717) is 11.1 Å². The molecule has 3 nitrogen and oxygen atoms in total. The van der Waals surface area contributed by atoms with Gasteiger partial charge in [0.1, 0.15) is 5.82 Å². The third kappa shape index (κ3) is 2.49. The predicted molar refractivity (Wildman–Crippen MR) is 66.8 cm³/mol. The predicted octanol–water partition coefficient (Wildman–Crippen LogP) is 2.43. The summed E-state index contributed by atoms with van der Waals surface area (Å²) in [4.78, 5) is 8.82. The molecule has 0 amide bonds.